The summed E-state index contributed by atoms with van der Waals surface area (Å²) < 4.78 is 6.68. The Morgan fingerprint density at radius 2 is 1.92 bits per heavy atom. The molecule has 1 aromatic carbocycles. The predicted octanol–water partition coefficient (Wildman–Crippen LogP) is 4.02. The number of piperidine rings is 1. The van der Waals surface area contributed by atoms with Crippen LogP contribution >= 0.6 is 28.3 Å². The SMILES string of the molecule is Cl.O=C(CCCOc1ccccc1Br)N1CCC(NCC2CC2)CC1. The number of carbonyl (C=O) groups excluding carboxylic acids is 1. The Hall–Kier alpha value is -0.780. The fourth-order valence-corrected chi connectivity index (χ4v) is 3.51. The summed E-state index contributed by atoms with van der Waals surface area (Å²) in [5, 5.41) is 3.66. The van der Waals surface area contributed by atoms with E-state index < -0.39 is 0 Å². The van der Waals surface area contributed by atoms with Crippen LogP contribution in [0, 0.1) is 5.92 Å². The maximum Gasteiger partial charge on any atom is 0.222 e. The summed E-state index contributed by atoms with van der Waals surface area (Å²) in [6.45, 7) is 3.54. The first-order valence-electron chi connectivity index (χ1n) is 9.11. The van der Waals surface area contributed by atoms with Crippen molar-refractivity contribution in [1.29, 1.82) is 0 Å². The quantitative estimate of drug-likeness (QED) is 0.632. The van der Waals surface area contributed by atoms with Gasteiger partial charge in [-0.05, 0) is 72.6 Å². The highest BCUT2D eigenvalue weighted by molar-refractivity contribution is 9.10. The lowest BCUT2D eigenvalue weighted by molar-refractivity contribution is -0.132. The van der Waals surface area contributed by atoms with Gasteiger partial charge in [0.05, 0.1) is 11.1 Å². The van der Waals surface area contributed by atoms with E-state index in [-0.39, 0.29) is 18.3 Å². The van der Waals surface area contributed by atoms with E-state index in [1.165, 1.54) is 19.4 Å². The van der Waals surface area contributed by atoms with E-state index in [4.69, 9.17) is 4.74 Å². The molecule has 1 aromatic rings. The fraction of sp³-hybridized carbons (Fsp3) is 0.632. The van der Waals surface area contributed by atoms with Crippen LogP contribution in [0.1, 0.15) is 38.5 Å². The molecular weight excluding hydrogens is 404 g/mol. The molecule has 1 aliphatic carbocycles. The molecule has 2 aliphatic rings. The number of carbonyl (C=O) groups is 1. The summed E-state index contributed by atoms with van der Waals surface area (Å²) in [6.07, 6.45) is 6.31. The number of halogens is 2. The van der Waals surface area contributed by atoms with Crippen LogP contribution in [0.4, 0.5) is 0 Å². The van der Waals surface area contributed by atoms with Crippen molar-refractivity contribution in [2.75, 3.05) is 26.2 Å². The summed E-state index contributed by atoms with van der Waals surface area (Å²) in [4.78, 5) is 14.3. The smallest absolute Gasteiger partial charge is 0.222 e. The highest BCUT2D eigenvalue weighted by atomic mass is 79.9. The first-order chi connectivity index (χ1) is 11.7. The highest BCUT2D eigenvalue weighted by Gasteiger charge is 2.25. The molecule has 4 nitrogen and oxygen atoms in total. The molecule has 1 saturated carbocycles. The maximum atomic E-state index is 12.3. The first kappa shape index (κ1) is 20.5. The second-order valence-corrected chi connectivity index (χ2v) is 7.74. The van der Waals surface area contributed by atoms with Gasteiger partial charge in [0, 0.05) is 25.6 Å². The summed E-state index contributed by atoms with van der Waals surface area (Å²) in [7, 11) is 0. The van der Waals surface area contributed by atoms with Crippen molar-refractivity contribution in [3.63, 3.8) is 0 Å². The molecule has 0 aromatic heterocycles. The van der Waals surface area contributed by atoms with E-state index in [1.54, 1.807) is 0 Å². The van der Waals surface area contributed by atoms with Crippen LogP contribution in [0.2, 0.25) is 0 Å². The number of nitrogens with zero attached hydrogens (tertiary/aromatic N) is 1. The zero-order valence-electron chi connectivity index (χ0n) is 14.6. The van der Waals surface area contributed by atoms with Crippen molar-refractivity contribution >= 4 is 34.2 Å². The molecule has 1 heterocycles. The third kappa shape index (κ3) is 6.80. The second-order valence-electron chi connectivity index (χ2n) is 6.89. The maximum absolute atomic E-state index is 12.3. The molecule has 1 N–H and O–H groups in total. The van der Waals surface area contributed by atoms with E-state index in [2.05, 4.69) is 21.2 Å². The fourth-order valence-electron chi connectivity index (χ4n) is 3.11. The number of ether oxygens (including phenoxy) is 1. The molecule has 140 valence electrons. The molecular formula is C19H28BrClN2O2. The molecule has 0 atom stereocenters. The third-order valence-electron chi connectivity index (χ3n) is 4.87. The number of para-hydroxylation sites is 1. The number of likely N-dealkylation sites (tertiary alicyclic amines) is 1. The summed E-state index contributed by atoms with van der Waals surface area (Å²) in [5.41, 5.74) is 0. The molecule has 0 bridgehead atoms. The first-order valence-corrected chi connectivity index (χ1v) is 9.90. The summed E-state index contributed by atoms with van der Waals surface area (Å²) >= 11 is 3.46. The molecule has 2 fully saturated rings. The largest absolute Gasteiger partial charge is 0.492 e. The van der Waals surface area contributed by atoms with E-state index in [0.29, 0.717) is 19.1 Å². The lowest BCUT2D eigenvalue weighted by atomic mass is 10.0. The van der Waals surface area contributed by atoms with Crippen LogP contribution in [0.25, 0.3) is 0 Å². The number of nitrogens with one attached hydrogen (secondary N) is 1. The van der Waals surface area contributed by atoms with Gasteiger partial charge in [-0.25, -0.2) is 0 Å². The average molecular weight is 432 g/mol. The summed E-state index contributed by atoms with van der Waals surface area (Å²) in [5.74, 6) is 2.04. The normalized spacial score (nSPS) is 17.9. The highest BCUT2D eigenvalue weighted by Crippen LogP contribution is 2.28. The minimum Gasteiger partial charge on any atom is -0.492 e. The van der Waals surface area contributed by atoms with Crippen LogP contribution in [0.3, 0.4) is 0 Å². The van der Waals surface area contributed by atoms with E-state index in [1.807, 2.05) is 29.2 Å². The monoisotopic (exact) mass is 430 g/mol. The summed E-state index contributed by atoms with van der Waals surface area (Å²) in [6, 6.07) is 8.41. The molecule has 1 amide bonds. The third-order valence-corrected chi connectivity index (χ3v) is 5.52. The Morgan fingerprint density at radius 1 is 1.20 bits per heavy atom. The topological polar surface area (TPSA) is 41.6 Å². The molecule has 25 heavy (non-hydrogen) atoms. The van der Waals surface area contributed by atoms with Crippen molar-refractivity contribution in [3.8, 4) is 5.75 Å². The molecule has 6 heteroatoms. The van der Waals surface area contributed by atoms with Gasteiger partial charge >= 0.3 is 0 Å². The molecule has 0 spiro atoms. The van der Waals surface area contributed by atoms with Gasteiger partial charge in [-0.2, -0.15) is 0 Å². The molecule has 0 radical (unpaired) electrons. The van der Waals surface area contributed by atoms with E-state index in [9.17, 15) is 4.79 Å². The van der Waals surface area contributed by atoms with Gasteiger partial charge in [-0.3, -0.25) is 4.79 Å². The van der Waals surface area contributed by atoms with Crippen LogP contribution in [-0.4, -0.2) is 43.1 Å². The Balaban J connectivity index is 0.00000225. The zero-order valence-corrected chi connectivity index (χ0v) is 17.0. The second kappa shape index (κ2) is 10.4. The Bertz CT molecular complexity index is 546. The van der Waals surface area contributed by atoms with Gasteiger partial charge in [0.25, 0.3) is 0 Å². The predicted molar refractivity (Wildman–Crippen MR) is 106 cm³/mol. The molecule has 1 saturated heterocycles. The number of rotatable bonds is 8. The van der Waals surface area contributed by atoms with Crippen LogP contribution < -0.4 is 10.1 Å². The van der Waals surface area contributed by atoms with Crippen molar-refractivity contribution in [2.24, 2.45) is 5.92 Å². The average Bonchev–Trinajstić information content (AvgIpc) is 3.43. The Morgan fingerprint density at radius 3 is 2.60 bits per heavy atom. The van der Waals surface area contributed by atoms with Crippen molar-refractivity contribution in [3.05, 3.63) is 28.7 Å². The van der Waals surface area contributed by atoms with Crippen molar-refractivity contribution in [2.45, 2.75) is 44.6 Å². The van der Waals surface area contributed by atoms with Gasteiger partial charge in [-0.1, -0.05) is 12.1 Å². The zero-order chi connectivity index (χ0) is 16.8. The molecule has 1 aliphatic heterocycles. The van der Waals surface area contributed by atoms with Crippen LogP contribution in [-0.2, 0) is 4.79 Å². The molecule has 3 rings (SSSR count). The number of benzene rings is 1. The Labute approximate surface area is 165 Å². The molecule has 0 unspecified atom stereocenters. The van der Waals surface area contributed by atoms with E-state index in [0.717, 1.165) is 48.5 Å². The van der Waals surface area contributed by atoms with Crippen LogP contribution in [0.5, 0.6) is 5.75 Å². The lowest BCUT2D eigenvalue weighted by Gasteiger charge is -2.32. The number of hydrogen-bond acceptors (Lipinski definition) is 3. The van der Waals surface area contributed by atoms with Gasteiger partial charge in [0.2, 0.25) is 5.91 Å². The van der Waals surface area contributed by atoms with Crippen LogP contribution in [0.15, 0.2) is 28.7 Å². The lowest BCUT2D eigenvalue weighted by Crippen LogP contribution is -2.45. The van der Waals surface area contributed by atoms with Gasteiger partial charge < -0.3 is 15.0 Å². The Kier molecular flexibility index (Phi) is 8.53. The standard InChI is InChI=1S/C19H27BrN2O2.ClH/c20-17-4-1-2-5-18(17)24-13-3-6-19(23)22-11-9-16(10-12-22)21-14-15-7-8-15;/h1-2,4-5,15-16,21H,3,6-14H2;1H. The van der Waals surface area contributed by atoms with Gasteiger partial charge in [0.1, 0.15) is 5.75 Å². The van der Waals surface area contributed by atoms with Crippen molar-refractivity contribution < 1.29 is 9.53 Å². The van der Waals surface area contributed by atoms with Gasteiger partial charge in [0.15, 0.2) is 0 Å². The van der Waals surface area contributed by atoms with Gasteiger partial charge in [-0.15, -0.1) is 12.4 Å². The number of hydrogen-bond donors (Lipinski definition) is 1. The van der Waals surface area contributed by atoms with E-state index >= 15 is 0 Å². The minimum atomic E-state index is 0. The number of amides is 1. The van der Waals surface area contributed by atoms with Crippen molar-refractivity contribution in [1.82, 2.24) is 10.2 Å². The minimum absolute atomic E-state index is 0.